The maximum atomic E-state index is 12.9. The third-order valence-corrected chi connectivity index (χ3v) is 4.94. The van der Waals surface area contributed by atoms with Crippen LogP contribution in [-0.4, -0.2) is 90.2 Å². The standard InChI is InChI=1S/C16H23FN2O.2C2HF3O2/c1-18-8-9-20-16-12-19(7-6-14(16)11-18)10-13-2-4-15(17)5-3-13;2*3-2(4,5)1(6)7/h2-5,14,16H,6-12H2,1H3;2*(H,6,7)/t14-,16-;;/m1../s1. The van der Waals surface area contributed by atoms with Crippen LogP contribution in [0, 0.1) is 11.7 Å². The number of carboxylic acid groups (broad SMARTS) is 2. The van der Waals surface area contributed by atoms with Crippen molar-refractivity contribution < 1.29 is 55.3 Å². The van der Waals surface area contributed by atoms with Gasteiger partial charge in [-0.2, -0.15) is 26.3 Å². The molecule has 34 heavy (non-hydrogen) atoms. The Balaban J connectivity index is 0.000000343. The number of benzene rings is 1. The molecule has 2 fully saturated rings. The van der Waals surface area contributed by atoms with Gasteiger partial charge in [0, 0.05) is 32.1 Å². The fraction of sp³-hybridized carbons (Fsp3) is 0.600. The molecule has 3 rings (SSSR count). The highest BCUT2D eigenvalue weighted by Gasteiger charge is 2.39. The Morgan fingerprint density at radius 2 is 1.47 bits per heavy atom. The molecule has 0 radical (unpaired) electrons. The first kappa shape index (κ1) is 29.6. The Morgan fingerprint density at radius 1 is 0.971 bits per heavy atom. The molecule has 14 heteroatoms. The summed E-state index contributed by atoms with van der Waals surface area (Å²) in [5.74, 6) is -5.02. The monoisotopic (exact) mass is 506 g/mol. The first-order valence-corrected chi connectivity index (χ1v) is 9.96. The lowest BCUT2D eigenvalue weighted by molar-refractivity contribution is -0.193. The smallest absolute Gasteiger partial charge is 0.475 e. The van der Waals surface area contributed by atoms with Crippen LogP contribution < -0.4 is 0 Å². The van der Waals surface area contributed by atoms with Crippen LogP contribution in [0.4, 0.5) is 30.7 Å². The number of likely N-dealkylation sites (tertiary alicyclic amines) is 1. The zero-order chi connectivity index (χ0) is 26.1. The van der Waals surface area contributed by atoms with Crippen molar-refractivity contribution in [1.82, 2.24) is 9.80 Å². The summed E-state index contributed by atoms with van der Waals surface area (Å²) in [6.45, 7) is 6.01. The van der Waals surface area contributed by atoms with Crippen molar-refractivity contribution in [2.75, 3.05) is 39.8 Å². The molecule has 2 heterocycles. The number of carboxylic acids is 2. The molecule has 2 N–H and O–H groups in total. The SMILES string of the molecule is CN1CCO[C@@H]2CN(Cc3ccc(F)cc3)CC[C@@H]2C1.O=C(O)C(F)(F)F.O=C(O)C(F)(F)F. The van der Waals surface area contributed by atoms with Gasteiger partial charge in [0.15, 0.2) is 0 Å². The van der Waals surface area contributed by atoms with E-state index >= 15 is 0 Å². The minimum atomic E-state index is -5.08. The first-order valence-electron chi connectivity index (χ1n) is 9.96. The number of nitrogens with zero attached hydrogens (tertiary/aromatic N) is 2. The maximum Gasteiger partial charge on any atom is 0.490 e. The number of hydrogen-bond acceptors (Lipinski definition) is 5. The van der Waals surface area contributed by atoms with Gasteiger partial charge in [0.25, 0.3) is 0 Å². The predicted molar refractivity (Wildman–Crippen MR) is 104 cm³/mol. The zero-order valence-corrected chi connectivity index (χ0v) is 18.1. The quantitative estimate of drug-likeness (QED) is 0.596. The lowest BCUT2D eigenvalue weighted by Gasteiger charge is -2.37. The third kappa shape index (κ3) is 11.1. The van der Waals surface area contributed by atoms with E-state index in [2.05, 4.69) is 16.8 Å². The van der Waals surface area contributed by atoms with E-state index < -0.39 is 24.3 Å². The number of hydrogen-bond donors (Lipinski definition) is 2. The summed E-state index contributed by atoms with van der Waals surface area (Å²) in [4.78, 5) is 22.6. The van der Waals surface area contributed by atoms with Gasteiger partial charge in [-0.15, -0.1) is 0 Å². The largest absolute Gasteiger partial charge is 0.490 e. The van der Waals surface area contributed by atoms with Gasteiger partial charge in [-0.1, -0.05) is 12.1 Å². The molecule has 1 aromatic carbocycles. The molecule has 194 valence electrons. The lowest BCUT2D eigenvalue weighted by atomic mass is 9.93. The highest BCUT2D eigenvalue weighted by molar-refractivity contribution is 5.73. The summed E-state index contributed by atoms with van der Waals surface area (Å²) >= 11 is 0. The first-order chi connectivity index (χ1) is 15.6. The molecule has 0 aliphatic carbocycles. The zero-order valence-electron chi connectivity index (χ0n) is 18.1. The Kier molecular flexibility index (Phi) is 11.2. The minimum absolute atomic E-state index is 0.164. The number of ether oxygens (including phenoxy) is 1. The van der Waals surface area contributed by atoms with E-state index in [1.54, 1.807) is 12.1 Å². The van der Waals surface area contributed by atoms with Gasteiger partial charge in [0.1, 0.15) is 5.82 Å². The molecule has 0 bridgehead atoms. The number of likely N-dealkylation sites (N-methyl/N-ethyl adjacent to an activating group) is 1. The number of rotatable bonds is 2. The molecule has 0 aromatic heterocycles. The van der Waals surface area contributed by atoms with E-state index in [0.29, 0.717) is 12.0 Å². The summed E-state index contributed by atoms with van der Waals surface area (Å²) in [5.41, 5.74) is 1.18. The average Bonchev–Trinajstić information content (AvgIpc) is 2.89. The van der Waals surface area contributed by atoms with E-state index in [1.165, 1.54) is 12.0 Å². The van der Waals surface area contributed by atoms with Gasteiger partial charge in [0.2, 0.25) is 0 Å². The molecule has 1 aromatic rings. The topological polar surface area (TPSA) is 90.3 Å². The van der Waals surface area contributed by atoms with Crippen molar-refractivity contribution in [2.45, 2.75) is 31.4 Å². The van der Waals surface area contributed by atoms with Gasteiger partial charge < -0.3 is 19.8 Å². The molecule has 0 saturated carbocycles. The number of aliphatic carboxylic acids is 2. The summed E-state index contributed by atoms with van der Waals surface area (Å²) in [6.07, 6.45) is -8.62. The minimum Gasteiger partial charge on any atom is -0.475 e. The van der Waals surface area contributed by atoms with Crippen molar-refractivity contribution in [3.63, 3.8) is 0 Å². The van der Waals surface area contributed by atoms with E-state index in [9.17, 15) is 30.7 Å². The van der Waals surface area contributed by atoms with Crippen LogP contribution in [0.5, 0.6) is 0 Å². The predicted octanol–water partition coefficient (Wildman–Crippen LogP) is 3.24. The van der Waals surface area contributed by atoms with Crippen LogP contribution in [0.2, 0.25) is 0 Å². The highest BCUT2D eigenvalue weighted by Crippen LogP contribution is 2.24. The van der Waals surface area contributed by atoms with Crippen LogP contribution in [0.3, 0.4) is 0 Å². The van der Waals surface area contributed by atoms with E-state index in [-0.39, 0.29) is 5.82 Å². The summed E-state index contributed by atoms with van der Waals surface area (Å²) in [6, 6.07) is 6.84. The van der Waals surface area contributed by atoms with Gasteiger partial charge in [0.05, 0.1) is 12.7 Å². The van der Waals surface area contributed by atoms with Crippen molar-refractivity contribution in [2.24, 2.45) is 5.92 Å². The van der Waals surface area contributed by atoms with Crippen molar-refractivity contribution in [3.05, 3.63) is 35.6 Å². The second-order valence-electron chi connectivity index (χ2n) is 7.69. The van der Waals surface area contributed by atoms with Gasteiger partial charge in [-0.3, -0.25) is 4.90 Å². The molecule has 2 saturated heterocycles. The molecule has 2 aliphatic rings. The molecule has 0 amide bonds. The fourth-order valence-electron chi connectivity index (χ4n) is 3.27. The summed E-state index contributed by atoms with van der Waals surface area (Å²) in [7, 11) is 2.18. The van der Waals surface area contributed by atoms with Crippen LogP contribution in [0.1, 0.15) is 12.0 Å². The van der Waals surface area contributed by atoms with Crippen molar-refractivity contribution >= 4 is 11.9 Å². The Hall–Kier alpha value is -2.45. The normalized spacial score (nSPS) is 21.6. The summed E-state index contributed by atoms with van der Waals surface area (Å²) in [5, 5.41) is 14.2. The molecule has 0 unspecified atom stereocenters. The van der Waals surface area contributed by atoms with Crippen LogP contribution in [0.25, 0.3) is 0 Å². The van der Waals surface area contributed by atoms with E-state index in [0.717, 1.165) is 39.3 Å². The third-order valence-electron chi connectivity index (χ3n) is 4.94. The molecule has 0 spiro atoms. The fourth-order valence-corrected chi connectivity index (χ4v) is 3.27. The Bertz CT molecular complexity index is 763. The second kappa shape index (κ2) is 12.9. The average molecular weight is 506 g/mol. The highest BCUT2D eigenvalue weighted by atomic mass is 19.4. The number of halogens is 7. The lowest BCUT2D eigenvalue weighted by Crippen LogP contribution is -2.46. The number of piperidine rings is 1. The van der Waals surface area contributed by atoms with Crippen molar-refractivity contribution in [3.8, 4) is 0 Å². The van der Waals surface area contributed by atoms with Crippen molar-refractivity contribution in [1.29, 1.82) is 0 Å². The Morgan fingerprint density at radius 3 is 1.94 bits per heavy atom. The van der Waals surface area contributed by atoms with Gasteiger partial charge in [-0.05, 0) is 37.7 Å². The van der Waals surface area contributed by atoms with Gasteiger partial charge >= 0.3 is 24.3 Å². The molecule has 2 atom stereocenters. The maximum absolute atomic E-state index is 12.9. The molecule has 7 nitrogen and oxygen atoms in total. The van der Waals surface area contributed by atoms with Crippen LogP contribution in [-0.2, 0) is 20.9 Å². The number of carbonyl (C=O) groups is 2. The molecular weight excluding hydrogens is 481 g/mol. The summed E-state index contributed by atoms with van der Waals surface area (Å²) < 4.78 is 82.4. The Labute approximate surface area is 190 Å². The van der Waals surface area contributed by atoms with Crippen LogP contribution >= 0.6 is 0 Å². The van der Waals surface area contributed by atoms with E-state index in [1.807, 2.05) is 12.1 Å². The number of fused-ring (bicyclic) bond motifs is 1. The van der Waals surface area contributed by atoms with E-state index in [4.69, 9.17) is 24.5 Å². The second-order valence-corrected chi connectivity index (χ2v) is 7.69. The molecular formula is C20H25F7N2O5. The van der Waals surface area contributed by atoms with Gasteiger partial charge in [-0.25, -0.2) is 14.0 Å². The number of alkyl halides is 6. The molecule has 2 aliphatic heterocycles. The van der Waals surface area contributed by atoms with Crippen LogP contribution in [0.15, 0.2) is 24.3 Å².